The van der Waals surface area contributed by atoms with Crippen molar-refractivity contribution >= 4 is 27.5 Å². The quantitative estimate of drug-likeness (QED) is 0.743. The van der Waals surface area contributed by atoms with Crippen molar-refractivity contribution in [3.05, 3.63) is 54.1 Å². The number of imidazole rings is 1. The number of aryl methyl sites for hydroxylation is 1. The van der Waals surface area contributed by atoms with Gasteiger partial charge < -0.3 is 9.47 Å². The molecule has 0 saturated heterocycles. The Morgan fingerprint density at radius 2 is 1.77 bits per heavy atom. The van der Waals surface area contributed by atoms with Crippen molar-refractivity contribution in [3.8, 4) is 0 Å². The number of nitrogens with zero attached hydrogens (tertiary/aromatic N) is 3. The normalized spacial score (nSPS) is 12.5. The van der Waals surface area contributed by atoms with E-state index in [1.54, 1.807) is 0 Å². The Hall–Kier alpha value is -2.14. The molecule has 0 aliphatic carbocycles. The molecule has 1 atom stereocenters. The van der Waals surface area contributed by atoms with Gasteiger partial charge in [0.15, 0.2) is 5.16 Å². The number of fused-ring (bicyclic) bond motifs is 1. The molecule has 2 aromatic carbocycles. The fourth-order valence-electron chi connectivity index (χ4n) is 2.60. The Labute approximate surface area is 132 Å². The predicted molar refractivity (Wildman–Crippen MR) is 91.6 cm³/mol. The molecule has 3 aromatic rings. The van der Waals surface area contributed by atoms with Gasteiger partial charge in [0.05, 0.1) is 27.6 Å². The van der Waals surface area contributed by atoms with Crippen LogP contribution in [0.3, 0.4) is 0 Å². The number of aromatic nitrogens is 2. The molecule has 114 valence electrons. The Balaban J connectivity index is 1.96. The molecule has 0 aliphatic rings. The van der Waals surface area contributed by atoms with Crippen LogP contribution in [0.2, 0.25) is 0 Å². The van der Waals surface area contributed by atoms with E-state index in [1.165, 1.54) is 0 Å². The highest BCUT2D eigenvalue weighted by Gasteiger charge is 2.16. The molecular formula is C17H19N3OS. The minimum absolute atomic E-state index is 0.464. The van der Waals surface area contributed by atoms with Crippen LogP contribution in [0.4, 0.5) is 5.69 Å². The fourth-order valence-corrected chi connectivity index (χ4v) is 3.86. The third-order valence-corrected chi connectivity index (χ3v) is 5.06. The minimum Gasteiger partial charge on any atom is -0.377 e. The third kappa shape index (κ3) is 2.64. The summed E-state index contributed by atoms with van der Waals surface area (Å²) in [6.07, 6.45) is 0. The summed E-state index contributed by atoms with van der Waals surface area (Å²) < 4.78 is 14.7. The number of hydrogen-bond acceptors (Lipinski definition) is 3. The van der Waals surface area contributed by atoms with Gasteiger partial charge in [-0.1, -0.05) is 30.3 Å². The van der Waals surface area contributed by atoms with Crippen LogP contribution >= 0.6 is 0 Å². The van der Waals surface area contributed by atoms with E-state index in [1.807, 2.05) is 79.1 Å². The summed E-state index contributed by atoms with van der Waals surface area (Å²) in [4.78, 5) is 6.58. The van der Waals surface area contributed by atoms with Gasteiger partial charge in [0.25, 0.3) is 0 Å². The van der Waals surface area contributed by atoms with Gasteiger partial charge in [-0.15, -0.1) is 0 Å². The highest BCUT2D eigenvalue weighted by atomic mass is 32.2. The lowest BCUT2D eigenvalue weighted by Gasteiger charge is -2.16. The summed E-state index contributed by atoms with van der Waals surface area (Å²) >= 11 is 0. The van der Waals surface area contributed by atoms with Gasteiger partial charge in [0.1, 0.15) is 0 Å². The Morgan fingerprint density at radius 1 is 1.09 bits per heavy atom. The summed E-state index contributed by atoms with van der Waals surface area (Å²) in [5.74, 6) is 0.464. The fraction of sp³-hybridized carbons (Fsp3) is 0.235. The molecular weight excluding hydrogens is 294 g/mol. The van der Waals surface area contributed by atoms with E-state index < -0.39 is 10.8 Å². The van der Waals surface area contributed by atoms with Crippen molar-refractivity contribution < 1.29 is 4.21 Å². The molecule has 0 spiro atoms. The first-order valence-corrected chi connectivity index (χ1v) is 8.45. The van der Waals surface area contributed by atoms with Crippen LogP contribution in [0.5, 0.6) is 0 Å². The molecule has 1 aromatic heterocycles. The molecule has 0 bridgehead atoms. The SMILES string of the molecule is CN(C)c1ccccc1CS(=O)c1nc2ccccc2n1C. The van der Waals surface area contributed by atoms with Crippen molar-refractivity contribution in [2.24, 2.45) is 7.05 Å². The monoisotopic (exact) mass is 313 g/mol. The molecule has 0 saturated carbocycles. The van der Waals surface area contributed by atoms with Crippen LogP contribution in [0.1, 0.15) is 5.56 Å². The van der Waals surface area contributed by atoms with Crippen molar-refractivity contribution in [1.82, 2.24) is 9.55 Å². The maximum Gasteiger partial charge on any atom is 0.200 e. The van der Waals surface area contributed by atoms with Crippen LogP contribution in [-0.4, -0.2) is 27.9 Å². The van der Waals surface area contributed by atoms with Gasteiger partial charge in [-0.2, -0.15) is 0 Å². The minimum atomic E-state index is -1.18. The Morgan fingerprint density at radius 3 is 2.50 bits per heavy atom. The Bertz CT molecular complexity index is 839. The number of hydrogen-bond donors (Lipinski definition) is 0. The number of rotatable bonds is 4. The first kappa shape index (κ1) is 14.8. The number of benzene rings is 2. The molecule has 1 heterocycles. The molecule has 3 rings (SSSR count). The van der Waals surface area contributed by atoms with Gasteiger partial charge in [-0.05, 0) is 23.8 Å². The van der Waals surface area contributed by atoms with E-state index in [0.29, 0.717) is 10.9 Å². The van der Waals surface area contributed by atoms with Crippen LogP contribution in [-0.2, 0) is 23.6 Å². The molecule has 0 amide bonds. The number of para-hydroxylation sites is 3. The second-order valence-electron chi connectivity index (χ2n) is 5.46. The molecule has 5 heteroatoms. The van der Waals surface area contributed by atoms with Gasteiger partial charge >= 0.3 is 0 Å². The van der Waals surface area contributed by atoms with Crippen LogP contribution in [0.25, 0.3) is 11.0 Å². The topological polar surface area (TPSA) is 38.1 Å². The van der Waals surface area contributed by atoms with Gasteiger partial charge in [0, 0.05) is 26.8 Å². The maximum atomic E-state index is 12.8. The second kappa shape index (κ2) is 5.93. The number of anilines is 1. The van der Waals surface area contributed by atoms with E-state index in [0.717, 1.165) is 22.3 Å². The van der Waals surface area contributed by atoms with Gasteiger partial charge in [0.2, 0.25) is 0 Å². The largest absolute Gasteiger partial charge is 0.377 e. The lowest BCUT2D eigenvalue weighted by molar-refractivity contribution is 0.667. The van der Waals surface area contributed by atoms with E-state index in [-0.39, 0.29) is 0 Å². The summed E-state index contributed by atoms with van der Waals surface area (Å²) in [6, 6.07) is 15.9. The zero-order chi connectivity index (χ0) is 15.7. The molecule has 0 radical (unpaired) electrons. The average molecular weight is 313 g/mol. The van der Waals surface area contributed by atoms with E-state index in [9.17, 15) is 4.21 Å². The van der Waals surface area contributed by atoms with Gasteiger partial charge in [-0.25, -0.2) is 4.98 Å². The smallest absolute Gasteiger partial charge is 0.200 e. The molecule has 0 aliphatic heterocycles. The maximum absolute atomic E-state index is 12.8. The third-order valence-electron chi connectivity index (χ3n) is 3.71. The molecule has 4 nitrogen and oxygen atoms in total. The summed E-state index contributed by atoms with van der Waals surface area (Å²) in [5, 5.41) is 0.620. The summed E-state index contributed by atoms with van der Waals surface area (Å²) in [7, 11) is 4.73. The van der Waals surface area contributed by atoms with Crippen LogP contribution in [0.15, 0.2) is 53.7 Å². The highest BCUT2D eigenvalue weighted by Crippen LogP contribution is 2.23. The molecule has 0 fully saturated rings. The van der Waals surface area contributed by atoms with E-state index in [2.05, 4.69) is 4.98 Å². The van der Waals surface area contributed by atoms with E-state index >= 15 is 0 Å². The molecule has 0 N–H and O–H groups in total. The van der Waals surface area contributed by atoms with Gasteiger partial charge in [-0.3, -0.25) is 4.21 Å². The first-order valence-electron chi connectivity index (χ1n) is 7.13. The average Bonchev–Trinajstić information content (AvgIpc) is 2.85. The lowest BCUT2D eigenvalue weighted by atomic mass is 10.2. The zero-order valence-corrected chi connectivity index (χ0v) is 13.8. The standard InChI is InChI=1S/C17H19N3OS/c1-19(2)15-10-6-4-8-13(15)12-22(21)17-18-14-9-5-7-11-16(14)20(17)3/h4-11H,12H2,1-3H3. The van der Waals surface area contributed by atoms with Crippen molar-refractivity contribution in [2.45, 2.75) is 10.9 Å². The predicted octanol–water partition coefficient (Wildman–Crippen LogP) is 2.95. The van der Waals surface area contributed by atoms with Crippen LogP contribution < -0.4 is 4.90 Å². The van der Waals surface area contributed by atoms with Crippen molar-refractivity contribution in [3.63, 3.8) is 0 Å². The zero-order valence-electron chi connectivity index (χ0n) is 13.0. The highest BCUT2D eigenvalue weighted by molar-refractivity contribution is 7.84. The lowest BCUT2D eigenvalue weighted by Crippen LogP contribution is -2.13. The molecule has 22 heavy (non-hydrogen) atoms. The summed E-state index contributed by atoms with van der Waals surface area (Å²) in [6.45, 7) is 0. The molecule has 1 unspecified atom stereocenters. The van der Waals surface area contributed by atoms with Crippen molar-refractivity contribution in [1.29, 1.82) is 0 Å². The van der Waals surface area contributed by atoms with E-state index in [4.69, 9.17) is 0 Å². The first-order chi connectivity index (χ1) is 10.6. The van der Waals surface area contributed by atoms with Crippen LogP contribution in [0, 0.1) is 0 Å². The summed E-state index contributed by atoms with van der Waals surface area (Å²) in [5.41, 5.74) is 4.05. The Kier molecular flexibility index (Phi) is 3.98. The second-order valence-corrected chi connectivity index (χ2v) is 6.80. The van der Waals surface area contributed by atoms with Crippen molar-refractivity contribution in [2.75, 3.05) is 19.0 Å².